The van der Waals surface area contributed by atoms with Gasteiger partial charge in [-0.15, -0.1) is 0 Å². The smallest absolute Gasteiger partial charge is 0.411 e. The van der Waals surface area contributed by atoms with Gasteiger partial charge in [-0.1, -0.05) is 0 Å². The van der Waals surface area contributed by atoms with Crippen molar-refractivity contribution in [1.82, 2.24) is 4.90 Å². The molecule has 17 heavy (non-hydrogen) atoms. The van der Waals surface area contributed by atoms with Crippen molar-refractivity contribution in [3.8, 4) is 0 Å². The molecule has 2 aliphatic rings. The minimum Gasteiger partial charge on any atom is -0.444 e. The third-order valence-corrected chi connectivity index (χ3v) is 3.74. The highest BCUT2D eigenvalue weighted by Gasteiger charge is 2.58. The highest BCUT2D eigenvalue weighted by molar-refractivity contribution is 5.71. The lowest BCUT2D eigenvalue weighted by atomic mass is 9.87. The SMILES string of the molecule is CC(C)(C)OC(=O)N1C2CCC1(C(O)O)CC2. The zero-order chi connectivity index (χ0) is 12.8. The van der Waals surface area contributed by atoms with E-state index in [2.05, 4.69) is 0 Å². The molecule has 1 amide bonds. The van der Waals surface area contributed by atoms with Gasteiger partial charge in [-0.2, -0.15) is 0 Å². The molecule has 5 heteroatoms. The number of fused-ring (bicyclic) bond motifs is 2. The van der Waals surface area contributed by atoms with Crippen molar-refractivity contribution in [2.24, 2.45) is 0 Å². The van der Waals surface area contributed by atoms with E-state index in [4.69, 9.17) is 4.74 Å². The molecule has 2 heterocycles. The van der Waals surface area contributed by atoms with Crippen LogP contribution < -0.4 is 0 Å². The van der Waals surface area contributed by atoms with Crippen LogP contribution in [0.25, 0.3) is 0 Å². The van der Waals surface area contributed by atoms with Gasteiger partial charge in [0.1, 0.15) is 5.60 Å². The van der Waals surface area contributed by atoms with Crippen LogP contribution in [0.5, 0.6) is 0 Å². The first-order chi connectivity index (χ1) is 7.76. The van der Waals surface area contributed by atoms with Gasteiger partial charge in [0.25, 0.3) is 0 Å². The molecule has 98 valence electrons. The van der Waals surface area contributed by atoms with E-state index in [1.54, 1.807) is 4.90 Å². The number of ether oxygens (including phenoxy) is 1. The van der Waals surface area contributed by atoms with Crippen molar-refractivity contribution in [3.63, 3.8) is 0 Å². The zero-order valence-corrected chi connectivity index (χ0v) is 10.6. The van der Waals surface area contributed by atoms with Gasteiger partial charge in [-0.3, -0.25) is 4.90 Å². The first-order valence-electron chi connectivity index (χ1n) is 6.15. The van der Waals surface area contributed by atoms with Gasteiger partial charge in [0.05, 0.1) is 5.54 Å². The Bertz CT molecular complexity index is 313. The number of carbonyl (C=O) groups excluding carboxylic acids is 1. The van der Waals surface area contributed by atoms with Gasteiger partial charge in [0.15, 0.2) is 6.29 Å². The van der Waals surface area contributed by atoms with Crippen LogP contribution in [0.2, 0.25) is 0 Å². The highest BCUT2D eigenvalue weighted by Crippen LogP contribution is 2.48. The largest absolute Gasteiger partial charge is 0.444 e. The Morgan fingerprint density at radius 2 is 1.88 bits per heavy atom. The van der Waals surface area contributed by atoms with E-state index in [0.717, 1.165) is 12.8 Å². The third-order valence-electron chi connectivity index (χ3n) is 3.74. The van der Waals surface area contributed by atoms with Gasteiger partial charge in [0, 0.05) is 6.04 Å². The fraction of sp³-hybridized carbons (Fsp3) is 0.917. The van der Waals surface area contributed by atoms with E-state index in [-0.39, 0.29) is 6.04 Å². The van der Waals surface area contributed by atoms with Crippen LogP contribution in [0.3, 0.4) is 0 Å². The van der Waals surface area contributed by atoms with Crippen molar-refractivity contribution < 1.29 is 19.7 Å². The van der Waals surface area contributed by atoms with Crippen molar-refractivity contribution in [2.75, 3.05) is 0 Å². The number of hydrogen-bond donors (Lipinski definition) is 2. The molecule has 2 rings (SSSR count). The molecule has 2 fully saturated rings. The van der Waals surface area contributed by atoms with Gasteiger partial charge < -0.3 is 14.9 Å². The number of amides is 1. The second-order valence-electron chi connectivity index (χ2n) is 6.06. The lowest BCUT2D eigenvalue weighted by molar-refractivity contribution is -0.133. The lowest BCUT2D eigenvalue weighted by Gasteiger charge is -2.37. The minimum absolute atomic E-state index is 0.103. The number of hydrogen-bond acceptors (Lipinski definition) is 4. The summed E-state index contributed by atoms with van der Waals surface area (Å²) in [5.41, 5.74) is -1.37. The highest BCUT2D eigenvalue weighted by atomic mass is 16.6. The fourth-order valence-corrected chi connectivity index (χ4v) is 2.99. The van der Waals surface area contributed by atoms with Crippen molar-refractivity contribution in [1.29, 1.82) is 0 Å². The quantitative estimate of drug-likeness (QED) is 0.680. The number of aliphatic hydroxyl groups is 2. The summed E-state index contributed by atoms with van der Waals surface area (Å²) in [4.78, 5) is 13.7. The first-order valence-corrected chi connectivity index (χ1v) is 6.15. The molecule has 0 aromatic carbocycles. The molecule has 2 N–H and O–H groups in total. The van der Waals surface area contributed by atoms with Crippen LogP contribution in [-0.2, 0) is 4.74 Å². The maximum absolute atomic E-state index is 12.1. The predicted molar refractivity (Wildman–Crippen MR) is 61.3 cm³/mol. The summed E-state index contributed by atoms with van der Waals surface area (Å²) in [6, 6.07) is 0.103. The summed E-state index contributed by atoms with van der Waals surface area (Å²) in [5, 5.41) is 19.1. The molecule has 5 nitrogen and oxygen atoms in total. The molecule has 2 aliphatic heterocycles. The maximum Gasteiger partial charge on any atom is 0.411 e. The first kappa shape index (κ1) is 12.6. The Labute approximate surface area is 101 Å². The van der Waals surface area contributed by atoms with E-state index in [1.807, 2.05) is 20.8 Å². The van der Waals surface area contributed by atoms with Crippen molar-refractivity contribution in [2.45, 2.75) is 69.9 Å². The normalized spacial score (nSPS) is 32.4. The third kappa shape index (κ3) is 2.02. The molecule has 0 radical (unpaired) electrons. The molecular weight excluding hydrogens is 222 g/mol. The Balaban J connectivity index is 2.18. The molecule has 0 spiro atoms. The van der Waals surface area contributed by atoms with E-state index < -0.39 is 23.5 Å². The number of carbonyl (C=O) groups is 1. The summed E-state index contributed by atoms with van der Waals surface area (Å²) in [5.74, 6) is 0. The number of aliphatic hydroxyl groups excluding tert-OH is 1. The molecule has 0 aliphatic carbocycles. The van der Waals surface area contributed by atoms with Crippen molar-refractivity contribution in [3.05, 3.63) is 0 Å². The summed E-state index contributed by atoms with van der Waals surface area (Å²) in [6.45, 7) is 5.43. The molecule has 0 atom stereocenters. The zero-order valence-electron chi connectivity index (χ0n) is 10.6. The number of rotatable bonds is 1. The fourth-order valence-electron chi connectivity index (χ4n) is 2.99. The summed E-state index contributed by atoms with van der Waals surface area (Å²) in [6.07, 6.45) is 1.05. The molecule has 2 saturated heterocycles. The summed E-state index contributed by atoms with van der Waals surface area (Å²) < 4.78 is 5.34. The average Bonchev–Trinajstić information content (AvgIpc) is 2.70. The van der Waals surface area contributed by atoms with E-state index >= 15 is 0 Å². The Morgan fingerprint density at radius 1 is 1.35 bits per heavy atom. The lowest BCUT2D eigenvalue weighted by Crippen LogP contribution is -2.54. The van der Waals surface area contributed by atoms with Crippen molar-refractivity contribution >= 4 is 6.09 Å². The molecule has 0 aromatic heterocycles. The van der Waals surface area contributed by atoms with Crippen LogP contribution in [0.4, 0.5) is 4.79 Å². The Hall–Kier alpha value is -0.810. The topological polar surface area (TPSA) is 70.0 Å². The molecular formula is C12H21NO4. The minimum atomic E-state index is -1.48. The van der Waals surface area contributed by atoms with Crippen LogP contribution in [0, 0.1) is 0 Å². The van der Waals surface area contributed by atoms with Crippen LogP contribution in [0.1, 0.15) is 46.5 Å². The van der Waals surface area contributed by atoms with Gasteiger partial charge in [-0.25, -0.2) is 4.79 Å². The van der Waals surface area contributed by atoms with E-state index in [9.17, 15) is 15.0 Å². The van der Waals surface area contributed by atoms with Gasteiger partial charge in [0.2, 0.25) is 0 Å². The van der Waals surface area contributed by atoms with Crippen LogP contribution in [0.15, 0.2) is 0 Å². The second-order valence-corrected chi connectivity index (χ2v) is 6.06. The van der Waals surface area contributed by atoms with E-state index in [0.29, 0.717) is 12.8 Å². The predicted octanol–water partition coefficient (Wildman–Crippen LogP) is 1.23. The average molecular weight is 243 g/mol. The second kappa shape index (κ2) is 3.85. The summed E-state index contributed by atoms with van der Waals surface area (Å²) in [7, 11) is 0. The Morgan fingerprint density at radius 3 is 2.29 bits per heavy atom. The molecule has 0 saturated carbocycles. The monoisotopic (exact) mass is 243 g/mol. The van der Waals surface area contributed by atoms with Crippen LogP contribution >= 0.6 is 0 Å². The van der Waals surface area contributed by atoms with E-state index in [1.165, 1.54) is 0 Å². The Kier molecular flexibility index (Phi) is 2.86. The standard InChI is InChI=1S/C12H21NO4/c1-11(2,3)17-10(16)13-8-4-6-12(13,7-5-8)9(14)15/h8-9,14-15H,4-7H2,1-3H3. The van der Waals surface area contributed by atoms with Crippen LogP contribution in [-0.4, -0.2) is 44.7 Å². The maximum atomic E-state index is 12.1. The molecule has 0 aromatic rings. The van der Waals surface area contributed by atoms with Gasteiger partial charge in [-0.05, 0) is 46.5 Å². The molecule has 2 bridgehead atoms. The number of nitrogens with zero attached hydrogens (tertiary/aromatic N) is 1. The van der Waals surface area contributed by atoms with Gasteiger partial charge >= 0.3 is 6.09 Å². The summed E-state index contributed by atoms with van der Waals surface area (Å²) >= 11 is 0. The molecule has 0 unspecified atom stereocenters.